The highest BCUT2D eigenvalue weighted by molar-refractivity contribution is 7.99. The molecule has 0 amide bonds. The van der Waals surface area contributed by atoms with E-state index in [0.717, 1.165) is 5.75 Å². The molecule has 0 aromatic carbocycles. The van der Waals surface area contributed by atoms with E-state index in [1.165, 1.54) is 11.8 Å². The van der Waals surface area contributed by atoms with Gasteiger partial charge in [-0.15, -0.1) is 0 Å². The van der Waals surface area contributed by atoms with Gasteiger partial charge in [0.1, 0.15) is 0 Å². The minimum absolute atomic E-state index is 0.368. The molecule has 1 saturated heterocycles. The molecule has 48 valence electrons. The smallest absolute Gasteiger partial charge is 0.231 e. The first-order chi connectivity index (χ1) is 3.71. The van der Waals surface area contributed by atoms with Gasteiger partial charge < -0.3 is 10.2 Å². The van der Waals surface area contributed by atoms with E-state index in [1.807, 2.05) is 0 Å². The zero-order valence-electron chi connectivity index (χ0n) is 4.42. The zero-order valence-corrected chi connectivity index (χ0v) is 5.24. The van der Waals surface area contributed by atoms with Gasteiger partial charge in [-0.25, -0.2) is 0 Å². The Hall–Kier alpha value is 0.230. The van der Waals surface area contributed by atoms with Crippen LogP contribution in [0.3, 0.4) is 0 Å². The Morgan fingerprint density at radius 3 is 2.50 bits per heavy atom. The van der Waals surface area contributed by atoms with Crippen LogP contribution in [0.4, 0.5) is 0 Å². The van der Waals surface area contributed by atoms with Gasteiger partial charge in [0.2, 0.25) is 5.91 Å². The Kier molecular flexibility index (Phi) is 1.77. The molecular formula is C4H9NO2S. The predicted octanol–water partition coefficient (Wildman–Crippen LogP) is -1.04. The van der Waals surface area contributed by atoms with Crippen LogP contribution in [0.5, 0.6) is 0 Å². The molecule has 3 N–H and O–H groups in total. The Bertz CT molecular complexity index is 78.1. The minimum atomic E-state index is -1.61. The fourth-order valence-electron chi connectivity index (χ4n) is 0.589. The summed E-state index contributed by atoms with van der Waals surface area (Å²) >= 11 is 1.54. The highest BCUT2D eigenvalue weighted by Crippen LogP contribution is 2.11. The Balaban J connectivity index is 2.33. The maximum Gasteiger partial charge on any atom is 0.231 e. The first-order valence-electron chi connectivity index (χ1n) is 2.48. The molecule has 0 unspecified atom stereocenters. The molecule has 0 bridgehead atoms. The maximum absolute atomic E-state index is 8.80. The van der Waals surface area contributed by atoms with Crippen LogP contribution in [0, 0.1) is 0 Å². The summed E-state index contributed by atoms with van der Waals surface area (Å²) in [4.78, 5) is 0. The van der Waals surface area contributed by atoms with Crippen LogP contribution in [-0.2, 0) is 0 Å². The van der Waals surface area contributed by atoms with Crippen LogP contribution in [-0.4, -0.2) is 34.2 Å². The van der Waals surface area contributed by atoms with Crippen molar-refractivity contribution in [2.45, 2.75) is 5.91 Å². The van der Waals surface area contributed by atoms with Crippen molar-refractivity contribution in [2.75, 3.05) is 18.1 Å². The van der Waals surface area contributed by atoms with Gasteiger partial charge in [0, 0.05) is 12.3 Å². The molecule has 0 aromatic heterocycles. The molecule has 4 heteroatoms. The Labute approximate surface area is 52.1 Å². The number of nitrogens with one attached hydrogen (secondary N) is 1. The summed E-state index contributed by atoms with van der Waals surface area (Å²) < 4.78 is 0. The van der Waals surface area contributed by atoms with Crippen molar-refractivity contribution >= 4 is 11.8 Å². The average Bonchev–Trinajstić information content (AvgIpc) is 1.65. The molecule has 0 saturated carbocycles. The van der Waals surface area contributed by atoms with Gasteiger partial charge in [-0.2, -0.15) is 11.8 Å². The van der Waals surface area contributed by atoms with E-state index in [1.54, 1.807) is 0 Å². The molecule has 0 radical (unpaired) electrons. The largest absolute Gasteiger partial charge is 0.353 e. The van der Waals surface area contributed by atoms with Crippen LogP contribution in [0.25, 0.3) is 0 Å². The quantitative estimate of drug-likeness (QED) is 0.371. The lowest BCUT2D eigenvalue weighted by Crippen LogP contribution is -2.51. The molecule has 0 spiro atoms. The summed E-state index contributed by atoms with van der Waals surface area (Å²) in [6.07, 6.45) is 0. The lowest BCUT2D eigenvalue weighted by Gasteiger charge is -2.26. The van der Waals surface area contributed by atoms with Crippen molar-refractivity contribution < 1.29 is 10.2 Å². The topological polar surface area (TPSA) is 52.5 Å². The van der Waals surface area contributed by atoms with Gasteiger partial charge in [0.05, 0.1) is 5.75 Å². The fraction of sp³-hybridized carbons (Fsp3) is 1.00. The molecule has 8 heavy (non-hydrogen) atoms. The second kappa shape index (κ2) is 2.23. The van der Waals surface area contributed by atoms with Crippen molar-refractivity contribution in [3.8, 4) is 0 Å². The Morgan fingerprint density at radius 1 is 1.50 bits per heavy atom. The second-order valence-electron chi connectivity index (χ2n) is 1.80. The Morgan fingerprint density at radius 2 is 2.25 bits per heavy atom. The normalized spacial score (nSPS) is 27.8. The number of hydrogen-bond donors (Lipinski definition) is 3. The first-order valence-corrected chi connectivity index (χ1v) is 3.64. The van der Waals surface area contributed by atoms with E-state index < -0.39 is 5.91 Å². The molecule has 1 aliphatic heterocycles. The van der Waals surface area contributed by atoms with Gasteiger partial charge in [-0.05, 0) is 0 Å². The SMILES string of the molecule is OC1(O)CSCCN1. The summed E-state index contributed by atoms with van der Waals surface area (Å²) in [6, 6.07) is 0. The highest BCUT2D eigenvalue weighted by atomic mass is 32.2. The molecule has 0 atom stereocenters. The summed E-state index contributed by atoms with van der Waals surface area (Å²) in [5.41, 5.74) is 0. The molecule has 1 aliphatic rings. The van der Waals surface area contributed by atoms with E-state index in [9.17, 15) is 0 Å². The van der Waals surface area contributed by atoms with Gasteiger partial charge in [-0.3, -0.25) is 5.32 Å². The van der Waals surface area contributed by atoms with Crippen LogP contribution in [0.2, 0.25) is 0 Å². The van der Waals surface area contributed by atoms with Crippen LogP contribution >= 0.6 is 11.8 Å². The van der Waals surface area contributed by atoms with E-state index in [0.29, 0.717) is 12.3 Å². The number of aliphatic hydroxyl groups is 2. The van der Waals surface area contributed by atoms with Crippen LogP contribution < -0.4 is 5.32 Å². The van der Waals surface area contributed by atoms with E-state index in [2.05, 4.69) is 5.32 Å². The monoisotopic (exact) mass is 135 g/mol. The third kappa shape index (κ3) is 1.63. The van der Waals surface area contributed by atoms with Gasteiger partial charge in [0.25, 0.3) is 0 Å². The van der Waals surface area contributed by atoms with Crippen molar-refractivity contribution in [3.05, 3.63) is 0 Å². The lowest BCUT2D eigenvalue weighted by molar-refractivity contribution is -0.165. The highest BCUT2D eigenvalue weighted by Gasteiger charge is 2.24. The molecule has 1 fully saturated rings. The van der Waals surface area contributed by atoms with Crippen LogP contribution in [0.15, 0.2) is 0 Å². The summed E-state index contributed by atoms with van der Waals surface area (Å²) in [5, 5.41) is 20.1. The third-order valence-corrected chi connectivity index (χ3v) is 2.06. The summed E-state index contributed by atoms with van der Waals surface area (Å²) in [6.45, 7) is 0.678. The molecule has 0 aromatic rings. The minimum Gasteiger partial charge on any atom is -0.353 e. The van der Waals surface area contributed by atoms with Crippen molar-refractivity contribution in [1.82, 2.24) is 5.32 Å². The van der Waals surface area contributed by atoms with Crippen LogP contribution in [0.1, 0.15) is 0 Å². The van der Waals surface area contributed by atoms with Crippen molar-refractivity contribution in [3.63, 3.8) is 0 Å². The molecule has 1 heterocycles. The zero-order chi connectivity index (χ0) is 6.04. The fourth-order valence-corrected chi connectivity index (χ4v) is 1.37. The van der Waals surface area contributed by atoms with Crippen molar-refractivity contribution in [2.24, 2.45) is 0 Å². The molecule has 0 aliphatic carbocycles. The molecule has 1 rings (SSSR count). The summed E-state index contributed by atoms with van der Waals surface area (Å²) in [5.74, 6) is -0.279. The maximum atomic E-state index is 8.80. The van der Waals surface area contributed by atoms with Crippen molar-refractivity contribution in [1.29, 1.82) is 0 Å². The molecule has 3 nitrogen and oxygen atoms in total. The number of thioether (sulfide) groups is 1. The second-order valence-corrected chi connectivity index (χ2v) is 2.90. The van der Waals surface area contributed by atoms with Gasteiger partial charge in [-0.1, -0.05) is 0 Å². The van der Waals surface area contributed by atoms with Gasteiger partial charge >= 0.3 is 0 Å². The summed E-state index contributed by atoms with van der Waals surface area (Å²) in [7, 11) is 0. The van der Waals surface area contributed by atoms with Gasteiger partial charge in [0.15, 0.2) is 0 Å². The first kappa shape index (κ1) is 6.35. The molecular weight excluding hydrogens is 126 g/mol. The van der Waals surface area contributed by atoms with E-state index >= 15 is 0 Å². The van der Waals surface area contributed by atoms with E-state index in [-0.39, 0.29) is 0 Å². The standard InChI is InChI=1S/C4H9NO2S/c6-4(7)3-8-2-1-5-4/h5-7H,1-3H2. The third-order valence-electron chi connectivity index (χ3n) is 0.958. The number of rotatable bonds is 0. The van der Waals surface area contributed by atoms with E-state index in [4.69, 9.17) is 10.2 Å². The average molecular weight is 135 g/mol. The number of hydrogen-bond acceptors (Lipinski definition) is 4. The lowest BCUT2D eigenvalue weighted by atomic mass is 10.5. The predicted molar refractivity (Wildman–Crippen MR) is 32.5 cm³/mol.